The van der Waals surface area contributed by atoms with Crippen molar-refractivity contribution in [3.8, 4) is 0 Å². The molecule has 0 radical (unpaired) electrons. The standard InChI is InChI=1S/C11H13O7P/c1-5-8(12)11(4,9(13)6-2)18-19(15,16)17-10(14)7-3/h5-7H,1-3H2,4H3,(H,15,16). The Hall–Kier alpha value is -1.82. The van der Waals surface area contributed by atoms with Gasteiger partial charge >= 0.3 is 13.8 Å². The molecule has 0 aromatic carbocycles. The summed E-state index contributed by atoms with van der Waals surface area (Å²) in [4.78, 5) is 43.3. The maximum Gasteiger partial charge on any atom is 0.531 e. The van der Waals surface area contributed by atoms with Gasteiger partial charge in [-0.05, 0) is 19.1 Å². The molecule has 0 amide bonds. The highest BCUT2D eigenvalue weighted by Crippen LogP contribution is 2.48. The molecular formula is C11H13O7P. The van der Waals surface area contributed by atoms with E-state index in [9.17, 15) is 23.8 Å². The van der Waals surface area contributed by atoms with E-state index < -0.39 is 31.0 Å². The van der Waals surface area contributed by atoms with E-state index in [2.05, 4.69) is 28.8 Å². The van der Waals surface area contributed by atoms with E-state index in [-0.39, 0.29) is 0 Å². The van der Waals surface area contributed by atoms with Gasteiger partial charge in [0, 0.05) is 6.08 Å². The zero-order valence-electron chi connectivity index (χ0n) is 10.2. The summed E-state index contributed by atoms with van der Waals surface area (Å²) in [6, 6.07) is 0. The fourth-order valence-corrected chi connectivity index (χ4v) is 1.98. The fourth-order valence-electron chi connectivity index (χ4n) is 1.00. The van der Waals surface area contributed by atoms with Crippen LogP contribution in [0.2, 0.25) is 0 Å². The Morgan fingerprint density at radius 2 is 1.53 bits per heavy atom. The van der Waals surface area contributed by atoms with Crippen molar-refractivity contribution in [2.24, 2.45) is 0 Å². The molecule has 0 heterocycles. The Labute approximate surface area is 109 Å². The molecule has 0 aliphatic heterocycles. The van der Waals surface area contributed by atoms with E-state index in [1.54, 1.807) is 0 Å². The molecular weight excluding hydrogens is 275 g/mol. The maximum atomic E-state index is 11.6. The van der Waals surface area contributed by atoms with Crippen molar-refractivity contribution in [3.63, 3.8) is 0 Å². The van der Waals surface area contributed by atoms with E-state index in [0.29, 0.717) is 6.08 Å². The predicted molar refractivity (Wildman–Crippen MR) is 66.0 cm³/mol. The highest BCUT2D eigenvalue weighted by atomic mass is 31.2. The van der Waals surface area contributed by atoms with Gasteiger partial charge < -0.3 is 4.52 Å². The van der Waals surface area contributed by atoms with E-state index >= 15 is 0 Å². The normalized spacial score (nSPS) is 13.8. The molecule has 1 N–H and O–H groups in total. The highest BCUT2D eigenvalue weighted by molar-refractivity contribution is 7.48. The number of carbonyl (C=O) groups excluding carboxylic acids is 3. The van der Waals surface area contributed by atoms with Crippen molar-refractivity contribution in [1.82, 2.24) is 0 Å². The van der Waals surface area contributed by atoms with Crippen molar-refractivity contribution in [3.05, 3.63) is 38.0 Å². The summed E-state index contributed by atoms with van der Waals surface area (Å²) in [5, 5.41) is 0. The smallest absolute Gasteiger partial charge is 0.367 e. The third kappa shape index (κ3) is 4.40. The van der Waals surface area contributed by atoms with E-state index in [4.69, 9.17) is 0 Å². The number of phosphoric acid groups is 1. The number of phosphoric ester groups is 1. The first-order valence-corrected chi connectivity index (χ1v) is 6.35. The fraction of sp³-hybridized carbons (Fsp3) is 0.182. The van der Waals surface area contributed by atoms with Crippen LogP contribution in [0, 0.1) is 0 Å². The molecule has 0 saturated carbocycles. The minimum atomic E-state index is -4.98. The van der Waals surface area contributed by atoms with Gasteiger partial charge in [-0.3, -0.25) is 19.0 Å². The molecule has 0 fully saturated rings. The van der Waals surface area contributed by atoms with Crippen LogP contribution >= 0.6 is 7.82 Å². The summed E-state index contributed by atoms with van der Waals surface area (Å²) in [6.07, 6.45) is 2.08. The Balaban J connectivity index is 5.40. The molecule has 1 atom stereocenters. The number of ketones is 2. The summed E-state index contributed by atoms with van der Waals surface area (Å²) >= 11 is 0. The second-order valence-electron chi connectivity index (χ2n) is 3.34. The quantitative estimate of drug-likeness (QED) is 0.405. The summed E-state index contributed by atoms with van der Waals surface area (Å²) in [5.41, 5.74) is -2.35. The molecule has 0 aromatic heterocycles. The molecule has 7 nitrogen and oxygen atoms in total. The van der Waals surface area contributed by atoms with Crippen LogP contribution in [-0.2, 0) is 28.0 Å². The second kappa shape index (κ2) is 6.38. The summed E-state index contributed by atoms with van der Waals surface area (Å²) in [6.45, 7) is 10.2. The zero-order valence-corrected chi connectivity index (χ0v) is 11.1. The molecule has 1 unspecified atom stereocenters. The number of carbonyl (C=O) groups is 3. The number of rotatable bonds is 8. The average molecular weight is 288 g/mol. The largest absolute Gasteiger partial charge is 0.531 e. The number of hydrogen-bond acceptors (Lipinski definition) is 6. The first-order valence-electron chi connectivity index (χ1n) is 4.86. The van der Waals surface area contributed by atoms with Crippen LogP contribution in [0.15, 0.2) is 38.0 Å². The monoisotopic (exact) mass is 288 g/mol. The van der Waals surface area contributed by atoms with Crippen molar-refractivity contribution >= 4 is 25.4 Å². The van der Waals surface area contributed by atoms with Crippen LogP contribution in [0.4, 0.5) is 0 Å². The lowest BCUT2D eigenvalue weighted by Gasteiger charge is -2.25. The van der Waals surface area contributed by atoms with Gasteiger partial charge in [-0.2, -0.15) is 0 Å². The van der Waals surface area contributed by atoms with Crippen LogP contribution in [0.3, 0.4) is 0 Å². The molecule has 19 heavy (non-hydrogen) atoms. The van der Waals surface area contributed by atoms with Gasteiger partial charge in [0.15, 0.2) is 11.6 Å². The molecule has 0 saturated heterocycles. The third-order valence-corrected chi connectivity index (χ3v) is 2.99. The molecule has 0 rings (SSSR count). The van der Waals surface area contributed by atoms with Crippen molar-refractivity contribution in [1.29, 1.82) is 0 Å². The molecule has 0 bridgehead atoms. The van der Waals surface area contributed by atoms with Gasteiger partial charge in [-0.1, -0.05) is 19.7 Å². The van der Waals surface area contributed by atoms with Gasteiger partial charge in [0.05, 0.1) is 0 Å². The summed E-state index contributed by atoms with van der Waals surface area (Å²) < 4.78 is 20.0. The minimum Gasteiger partial charge on any atom is -0.367 e. The second-order valence-corrected chi connectivity index (χ2v) is 4.65. The van der Waals surface area contributed by atoms with E-state index in [1.807, 2.05) is 0 Å². The maximum absolute atomic E-state index is 11.6. The van der Waals surface area contributed by atoms with Crippen LogP contribution in [0.25, 0.3) is 0 Å². The molecule has 104 valence electrons. The summed E-state index contributed by atoms with van der Waals surface area (Å²) in [5.74, 6) is -3.21. The Morgan fingerprint density at radius 1 is 1.11 bits per heavy atom. The Morgan fingerprint density at radius 3 is 1.84 bits per heavy atom. The summed E-state index contributed by atoms with van der Waals surface area (Å²) in [7, 11) is -4.98. The third-order valence-electron chi connectivity index (χ3n) is 1.98. The molecule has 0 spiro atoms. The minimum absolute atomic E-state index is 0.619. The molecule has 0 aromatic rings. The highest BCUT2D eigenvalue weighted by Gasteiger charge is 2.46. The molecule has 0 aliphatic carbocycles. The lowest BCUT2D eigenvalue weighted by atomic mass is 9.95. The van der Waals surface area contributed by atoms with Crippen molar-refractivity contribution < 1.29 is 32.9 Å². The molecule has 8 heteroatoms. The first-order chi connectivity index (χ1) is 8.62. The predicted octanol–water partition coefficient (Wildman–Crippen LogP) is 1.10. The van der Waals surface area contributed by atoms with E-state index in [1.165, 1.54) is 0 Å². The lowest BCUT2D eigenvalue weighted by Crippen LogP contribution is -2.44. The topological polar surface area (TPSA) is 107 Å². The van der Waals surface area contributed by atoms with Crippen LogP contribution < -0.4 is 0 Å². The van der Waals surface area contributed by atoms with Crippen LogP contribution in [0.1, 0.15) is 6.92 Å². The SMILES string of the molecule is C=CC(=O)OP(=O)(O)OC(C)(C(=O)C=C)C(=O)C=C. The van der Waals surface area contributed by atoms with Crippen LogP contribution in [-0.4, -0.2) is 28.0 Å². The van der Waals surface area contributed by atoms with Gasteiger partial charge in [0.2, 0.25) is 5.60 Å². The zero-order chi connectivity index (χ0) is 15.3. The van der Waals surface area contributed by atoms with Gasteiger partial charge in [-0.15, -0.1) is 0 Å². The Kier molecular flexibility index (Phi) is 5.77. The van der Waals surface area contributed by atoms with Crippen LogP contribution in [0.5, 0.6) is 0 Å². The lowest BCUT2D eigenvalue weighted by molar-refractivity contribution is -0.144. The van der Waals surface area contributed by atoms with Gasteiger partial charge in [0.1, 0.15) is 0 Å². The van der Waals surface area contributed by atoms with Gasteiger partial charge in [0.25, 0.3) is 0 Å². The van der Waals surface area contributed by atoms with Gasteiger partial charge in [-0.25, -0.2) is 9.36 Å². The first kappa shape index (κ1) is 17.2. The van der Waals surface area contributed by atoms with Crippen molar-refractivity contribution in [2.45, 2.75) is 12.5 Å². The molecule has 0 aliphatic rings. The van der Waals surface area contributed by atoms with Crippen molar-refractivity contribution in [2.75, 3.05) is 0 Å². The number of hydrogen-bond donors (Lipinski definition) is 1. The van der Waals surface area contributed by atoms with E-state index in [0.717, 1.165) is 19.1 Å². The Bertz CT molecular complexity index is 471. The average Bonchev–Trinajstić information content (AvgIpc) is 2.34.